The van der Waals surface area contributed by atoms with Crippen LogP contribution in [0.15, 0.2) is 0 Å². The van der Waals surface area contributed by atoms with Crippen LogP contribution in [0.5, 0.6) is 0 Å². The summed E-state index contributed by atoms with van der Waals surface area (Å²) in [7, 11) is -22.9. The van der Waals surface area contributed by atoms with E-state index in [9.17, 15) is 44.2 Å². The van der Waals surface area contributed by atoms with Crippen molar-refractivity contribution in [2.75, 3.05) is 76.7 Å². The van der Waals surface area contributed by atoms with Crippen LogP contribution in [-0.2, 0) is 64.2 Å². The number of hydrogen-bond donors (Lipinski definition) is 3. The van der Waals surface area contributed by atoms with Crippen LogP contribution >= 0.6 is 22.5 Å². The highest BCUT2D eigenvalue weighted by Crippen LogP contribution is 2.20. The van der Waals surface area contributed by atoms with E-state index in [0.717, 1.165) is 25.4 Å². The molecule has 0 radical (unpaired) electrons. The van der Waals surface area contributed by atoms with Crippen molar-refractivity contribution in [3.63, 3.8) is 0 Å². The van der Waals surface area contributed by atoms with Crippen LogP contribution in [0.4, 0.5) is 0 Å². The summed E-state index contributed by atoms with van der Waals surface area (Å²) in [6.45, 7) is 3.97. The molecule has 0 spiro atoms. The van der Waals surface area contributed by atoms with Gasteiger partial charge in [-0.05, 0) is 26.7 Å². The second-order valence-electron chi connectivity index (χ2n) is 7.58. The number of sulfonamides is 1. The van der Waals surface area contributed by atoms with E-state index < -0.39 is 73.0 Å². The molecule has 1 unspecified atom stereocenters. The number of sulfone groups is 1. The predicted octanol–water partition coefficient (Wildman–Crippen LogP) is -4.44. The Balaban J connectivity index is -0.0000000470. The van der Waals surface area contributed by atoms with E-state index in [1.807, 2.05) is 0 Å². The highest BCUT2D eigenvalue weighted by molar-refractivity contribution is 7.91. The topological polar surface area (TPSA) is 379 Å². The predicted molar refractivity (Wildman–Crippen MR) is 149 cm³/mol. The fourth-order valence-corrected chi connectivity index (χ4v) is 0. The molecule has 0 saturated heterocycles. The first-order valence-corrected chi connectivity index (χ1v) is 25.6. The van der Waals surface area contributed by atoms with Gasteiger partial charge in [-0.15, -0.1) is 0 Å². The standard InChI is InChI=1S/C2H7NOS.C2H7O2P.C2H6O2S.C2H6OS.CH6NO2P.CH5NO2S.CH5O3P.CH4O3S/c3*1-5(2,3)4;1-4(2)3;4*1-5(2,3)4/h3H,1-2H3;1-2H3,(H,3,4);1-2H3;1-2H3;1H3,(H3,2,3,4);2*1H3,(H2,2,3,4);1H3,(H,2,3,4)/p-5. The highest BCUT2D eigenvalue weighted by atomic mass is 32.2. The van der Waals surface area contributed by atoms with Crippen molar-refractivity contribution < 1.29 is 71.5 Å². The fourth-order valence-electron chi connectivity index (χ4n) is 0. The summed E-state index contributed by atoms with van der Waals surface area (Å²) >= 11 is 0. The van der Waals surface area contributed by atoms with Crippen LogP contribution in [0.2, 0.25) is 0 Å². The van der Waals surface area contributed by atoms with Gasteiger partial charge in [0, 0.05) is 71.7 Å². The smallest absolute Gasteiger partial charge is 0.206 e. The maximum absolute atomic E-state index is 9.85. The zero-order valence-corrected chi connectivity index (χ0v) is 30.3. The Bertz CT molecular complexity index is 970. The van der Waals surface area contributed by atoms with Gasteiger partial charge in [-0.1, -0.05) is 7.60 Å². The second-order valence-corrected chi connectivity index (χ2v) is 22.8. The van der Waals surface area contributed by atoms with Crippen LogP contribution in [0.25, 0.3) is 0 Å². The van der Waals surface area contributed by atoms with Gasteiger partial charge in [-0.3, -0.25) is 18.7 Å². The van der Waals surface area contributed by atoms with Crippen molar-refractivity contribution in [1.29, 1.82) is 4.78 Å². The van der Waals surface area contributed by atoms with E-state index >= 15 is 0 Å². The zero-order valence-electron chi connectivity index (χ0n) is 23.6. The minimum atomic E-state index is -4.14. The Morgan fingerprint density at radius 2 is 0.692 bits per heavy atom. The molecule has 0 heterocycles. The quantitative estimate of drug-likeness (QED) is 0.156. The van der Waals surface area contributed by atoms with E-state index in [4.69, 9.17) is 32.1 Å². The molecular formula is C12H41N3O16P3S5-5. The minimum absolute atomic E-state index is 0.604. The molecule has 0 amide bonds. The molecule has 0 aliphatic rings. The Morgan fingerprint density at radius 3 is 0.692 bits per heavy atom. The van der Waals surface area contributed by atoms with Crippen LogP contribution in [-0.4, -0.2) is 115 Å². The van der Waals surface area contributed by atoms with Gasteiger partial charge in [-0.2, -0.15) is 0 Å². The average Bonchev–Trinajstić information content (AvgIpc) is 2.18. The van der Waals surface area contributed by atoms with E-state index in [0.29, 0.717) is 12.9 Å². The van der Waals surface area contributed by atoms with Gasteiger partial charge >= 0.3 is 0 Å². The van der Waals surface area contributed by atoms with Crippen molar-refractivity contribution in [3.8, 4) is 0 Å². The van der Waals surface area contributed by atoms with Crippen LogP contribution in [0.3, 0.4) is 0 Å². The van der Waals surface area contributed by atoms with E-state index in [1.54, 1.807) is 12.5 Å². The molecule has 0 aliphatic carbocycles. The third-order valence-electron chi connectivity index (χ3n) is 0. The first kappa shape index (κ1) is 58.9. The monoisotopic (exact) mass is 736 g/mol. The summed E-state index contributed by atoms with van der Waals surface area (Å²) in [5.74, 6) is 0. The minimum Gasteiger partial charge on any atom is -0.811 e. The summed E-state index contributed by atoms with van der Waals surface area (Å²) in [4.78, 5) is 37.3. The van der Waals surface area contributed by atoms with Gasteiger partial charge in [0.25, 0.3) is 0 Å². The van der Waals surface area contributed by atoms with Gasteiger partial charge in [-0.25, -0.2) is 30.4 Å². The van der Waals surface area contributed by atoms with Crippen LogP contribution in [0, 0.1) is 4.78 Å². The molecule has 0 aromatic carbocycles. The van der Waals surface area contributed by atoms with Gasteiger partial charge < -0.3 is 37.8 Å². The van der Waals surface area contributed by atoms with Crippen molar-refractivity contribution >= 4 is 73.0 Å². The number of hydrogen-bond acceptors (Lipinski definition) is 17. The van der Waals surface area contributed by atoms with Crippen LogP contribution < -0.4 is 30.2 Å². The molecule has 27 heteroatoms. The fraction of sp³-hybridized carbons (Fsp3) is 1.00. The lowest BCUT2D eigenvalue weighted by Gasteiger charge is -2.22. The zero-order chi connectivity index (χ0) is 35.1. The molecule has 0 aliphatic heterocycles. The first-order chi connectivity index (χ1) is 15.7. The first-order valence-electron chi connectivity index (χ1n) is 8.53. The molecular weight excluding hydrogens is 695 g/mol. The molecule has 5 N–H and O–H groups in total. The Kier molecular flexibility index (Phi) is 39.3. The van der Waals surface area contributed by atoms with Gasteiger partial charge in [0.1, 0.15) is 9.84 Å². The molecule has 1 atom stereocenters. The summed E-state index contributed by atoms with van der Waals surface area (Å²) in [6.07, 6.45) is 9.90. The summed E-state index contributed by atoms with van der Waals surface area (Å²) in [5.41, 5.74) is 4.35. The molecule has 0 bridgehead atoms. The normalized spacial score (nSPS) is 12.6. The number of rotatable bonds is 0. The van der Waals surface area contributed by atoms with Gasteiger partial charge in [0.2, 0.25) is 10.0 Å². The summed E-state index contributed by atoms with van der Waals surface area (Å²) in [5, 5.41) is 4.33. The van der Waals surface area contributed by atoms with E-state index in [-0.39, 0.29) is 0 Å². The largest absolute Gasteiger partial charge is 0.811 e. The van der Waals surface area contributed by atoms with Crippen molar-refractivity contribution in [1.82, 2.24) is 0 Å². The molecule has 0 saturated carbocycles. The van der Waals surface area contributed by atoms with E-state index in [1.165, 1.54) is 25.8 Å². The third kappa shape index (κ3) is 391000. The molecule has 0 aromatic heterocycles. The second kappa shape index (κ2) is 26.0. The maximum Gasteiger partial charge on any atom is 0.206 e. The molecule has 0 fully saturated rings. The Labute approximate surface area is 235 Å². The summed E-state index contributed by atoms with van der Waals surface area (Å²) < 4.78 is 119. The average molecular weight is 737 g/mol. The van der Waals surface area contributed by atoms with Crippen molar-refractivity contribution in [2.24, 2.45) is 10.6 Å². The van der Waals surface area contributed by atoms with Gasteiger partial charge in [0.05, 0.1) is 23.9 Å². The molecule has 250 valence electrons. The van der Waals surface area contributed by atoms with Crippen molar-refractivity contribution in [2.45, 2.75) is 0 Å². The lowest BCUT2D eigenvalue weighted by Crippen LogP contribution is -2.10. The lowest BCUT2D eigenvalue weighted by molar-refractivity contribution is -0.311. The number of nitrogens with one attached hydrogen (secondary N) is 1. The van der Waals surface area contributed by atoms with Crippen LogP contribution in [0.1, 0.15) is 0 Å². The molecule has 19 nitrogen and oxygen atoms in total. The number of primary sulfonamides is 1. The molecule has 0 aromatic rings. The molecule has 0 rings (SSSR count). The Morgan fingerprint density at radius 1 is 0.692 bits per heavy atom. The SMILES string of the molecule is CP(=O)([O-])[O-].CP(C)(=O)[O-].CP(N)(=O)[O-].CS(=O)(=O)[O-].CS(C)(=N)=O.CS(C)(=O)=O.CS(C)=O.CS(N)(=O)=O. The maximum atomic E-state index is 9.85. The molecule has 39 heavy (non-hydrogen) atoms. The van der Waals surface area contributed by atoms with E-state index in [2.05, 4.69) is 10.6 Å². The Hall–Kier alpha value is 0.360. The summed E-state index contributed by atoms with van der Waals surface area (Å²) in [6, 6.07) is 0. The third-order valence-corrected chi connectivity index (χ3v) is 0. The highest BCUT2D eigenvalue weighted by Gasteiger charge is 1.79. The lowest BCUT2D eigenvalue weighted by atomic mass is 11.9. The van der Waals surface area contributed by atoms with Gasteiger partial charge in [0.15, 0.2) is 0 Å². The number of nitrogens with two attached hydrogens (primary N) is 2. The van der Waals surface area contributed by atoms with Crippen molar-refractivity contribution in [3.05, 3.63) is 0 Å².